The highest BCUT2D eigenvalue weighted by Gasteiger charge is 2.21. The number of benzene rings is 5. The van der Waals surface area contributed by atoms with Crippen LogP contribution in [0, 0.1) is 0 Å². The van der Waals surface area contributed by atoms with Crippen LogP contribution in [-0.2, 0) is 19.8 Å². The number of ketones is 1. The second kappa shape index (κ2) is 14.4. The molecule has 0 amide bonds. The van der Waals surface area contributed by atoms with Gasteiger partial charge in [0.2, 0.25) is 0 Å². The average Bonchev–Trinajstić information content (AvgIpc) is 3.06. The van der Waals surface area contributed by atoms with E-state index < -0.39 is 0 Å². The van der Waals surface area contributed by atoms with Crippen LogP contribution >= 0.6 is 0 Å². The van der Waals surface area contributed by atoms with E-state index in [1.54, 1.807) is 25.3 Å². The lowest BCUT2D eigenvalue weighted by Gasteiger charge is -2.18. The molecule has 0 aliphatic carbocycles. The van der Waals surface area contributed by atoms with E-state index in [0.717, 1.165) is 28.0 Å². The van der Waals surface area contributed by atoms with Crippen molar-refractivity contribution < 1.29 is 23.7 Å². The van der Waals surface area contributed by atoms with Gasteiger partial charge in [0.15, 0.2) is 5.78 Å². The zero-order valence-corrected chi connectivity index (χ0v) is 23.4. The van der Waals surface area contributed by atoms with Gasteiger partial charge in [-0.1, -0.05) is 109 Å². The Morgan fingerprint density at radius 2 is 1.02 bits per heavy atom. The minimum absolute atomic E-state index is 0.244. The molecule has 5 heteroatoms. The third-order valence-corrected chi connectivity index (χ3v) is 6.55. The molecular formula is C37H32O5. The van der Waals surface area contributed by atoms with Crippen LogP contribution in [0.2, 0.25) is 0 Å². The number of hydrogen-bond acceptors (Lipinski definition) is 5. The van der Waals surface area contributed by atoms with Crippen LogP contribution < -0.4 is 18.9 Å². The minimum atomic E-state index is -0.244. The van der Waals surface area contributed by atoms with Crippen molar-refractivity contribution in [2.75, 3.05) is 7.11 Å². The number of carbonyl (C=O) groups excluding carboxylic acids is 1. The summed E-state index contributed by atoms with van der Waals surface area (Å²) in [6.07, 6.45) is 3.30. The molecule has 0 aromatic heterocycles. The minimum Gasteiger partial charge on any atom is -0.497 e. The van der Waals surface area contributed by atoms with Crippen LogP contribution in [0.3, 0.4) is 0 Å². The summed E-state index contributed by atoms with van der Waals surface area (Å²) in [5.74, 6) is 1.82. The van der Waals surface area contributed by atoms with E-state index in [9.17, 15) is 4.79 Å². The van der Waals surface area contributed by atoms with E-state index in [2.05, 4.69) is 0 Å². The summed E-state index contributed by atoms with van der Waals surface area (Å²) in [5.41, 5.74) is 4.18. The number of hydrogen-bond donors (Lipinski definition) is 0. The van der Waals surface area contributed by atoms with Crippen LogP contribution in [0.25, 0.3) is 6.08 Å². The van der Waals surface area contributed by atoms with Gasteiger partial charge in [-0.15, -0.1) is 0 Å². The maximum atomic E-state index is 13.8. The molecule has 0 aliphatic rings. The number of allylic oxidation sites excluding steroid dienone is 1. The lowest BCUT2D eigenvalue weighted by molar-refractivity contribution is 0.103. The van der Waals surface area contributed by atoms with Gasteiger partial charge in [-0.25, -0.2) is 0 Å². The number of methoxy groups -OCH3 is 1. The van der Waals surface area contributed by atoms with Gasteiger partial charge in [0.05, 0.1) is 7.11 Å². The summed E-state index contributed by atoms with van der Waals surface area (Å²) in [4.78, 5) is 13.8. The van der Waals surface area contributed by atoms with Crippen molar-refractivity contribution >= 4 is 11.9 Å². The van der Waals surface area contributed by atoms with Gasteiger partial charge in [-0.05, 0) is 40.5 Å². The second-order valence-electron chi connectivity index (χ2n) is 9.59. The Morgan fingerprint density at radius 3 is 1.48 bits per heavy atom. The maximum absolute atomic E-state index is 13.8. The number of ether oxygens (including phenoxy) is 4. The molecule has 0 radical (unpaired) electrons. The normalized spacial score (nSPS) is 10.8. The average molecular weight is 560 g/mol. The second-order valence-corrected chi connectivity index (χ2v) is 9.59. The van der Waals surface area contributed by atoms with Gasteiger partial charge in [0.25, 0.3) is 0 Å². The summed E-state index contributed by atoms with van der Waals surface area (Å²) in [6, 6.07) is 40.6. The first kappa shape index (κ1) is 28.2. The maximum Gasteiger partial charge on any atom is 0.193 e. The lowest BCUT2D eigenvalue weighted by atomic mass is 10.2. The standard InChI is InChI=1S/C37H32O5/c1-39-32-20-17-28(18-21-32)19-22-34(38)37-35(41-26-30-13-7-3-8-14-30)23-33(40-25-29-11-5-2-6-12-29)24-36(37)42-27-31-15-9-4-10-16-31/h2-24H,25-27H2,1H3/b22-19+/i19+1,22+1,34+1. The van der Waals surface area contributed by atoms with Crippen molar-refractivity contribution in [2.24, 2.45) is 0 Å². The molecule has 0 bridgehead atoms. The summed E-state index contributed by atoms with van der Waals surface area (Å²) >= 11 is 0. The topological polar surface area (TPSA) is 54.0 Å². The monoisotopic (exact) mass is 559 g/mol. The molecule has 5 aromatic carbocycles. The van der Waals surface area contributed by atoms with E-state index in [-0.39, 0.29) is 19.0 Å². The van der Waals surface area contributed by atoms with Gasteiger partial charge in [-0.2, -0.15) is 0 Å². The first-order chi connectivity index (χ1) is 20.7. The van der Waals surface area contributed by atoms with Crippen molar-refractivity contribution in [2.45, 2.75) is 19.8 Å². The highest BCUT2D eigenvalue weighted by molar-refractivity contribution is 6.10. The molecule has 0 fully saturated rings. The van der Waals surface area contributed by atoms with Crippen molar-refractivity contribution in [3.05, 3.63) is 161 Å². The lowest BCUT2D eigenvalue weighted by Crippen LogP contribution is -2.08. The summed E-state index contributed by atoms with van der Waals surface area (Å²) < 4.78 is 24.0. The Morgan fingerprint density at radius 1 is 0.571 bits per heavy atom. The van der Waals surface area contributed by atoms with E-state index in [1.165, 1.54) is 6.08 Å². The molecular weight excluding hydrogens is 527 g/mol. The molecule has 0 N–H and O–H groups in total. The fourth-order valence-electron chi connectivity index (χ4n) is 4.30. The van der Waals surface area contributed by atoms with Crippen LogP contribution in [-0.4, -0.2) is 12.9 Å². The third-order valence-electron chi connectivity index (χ3n) is 6.55. The van der Waals surface area contributed by atoms with Gasteiger partial charge in [0.1, 0.15) is 48.4 Å². The Bertz CT molecular complexity index is 1530. The molecule has 0 spiro atoms. The van der Waals surface area contributed by atoms with Gasteiger partial charge < -0.3 is 18.9 Å². The van der Waals surface area contributed by atoms with E-state index >= 15 is 0 Å². The smallest absolute Gasteiger partial charge is 0.193 e. The van der Waals surface area contributed by atoms with E-state index in [4.69, 9.17) is 18.9 Å². The molecule has 0 saturated heterocycles. The Hall–Kier alpha value is -5.29. The quantitative estimate of drug-likeness (QED) is 0.0825. The predicted molar refractivity (Wildman–Crippen MR) is 165 cm³/mol. The van der Waals surface area contributed by atoms with Crippen molar-refractivity contribution in [3.63, 3.8) is 0 Å². The molecule has 5 nitrogen and oxygen atoms in total. The molecule has 0 atom stereocenters. The molecule has 0 unspecified atom stereocenters. The van der Waals surface area contributed by atoms with Crippen LogP contribution in [0.4, 0.5) is 0 Å². The SMILES string of the molecule is COc1ccc(/[13CH]=[13CH]/[13C](=O)c2c(OCc3ccccc3)cc(OCc3ccccc3)cc2OCc2ccccc2)cc1. The third kappa shape index (κ3) is 7.89. The van der Waals surface area contributed by atoms with Crippen molar-refractivity contribution in [3.8, 4) is 23.0 Å². The van der Waals surface area contributed by atoms with Crippen LogP contribution in [0.15, 0.2) is 133 Å². The van der Waals surface area contributed by atoms with Crippen molar-refractivity contribution in [1.82, 2.24) is 0 Å². The fourth-order valence-corrected chi connectivity index (χ4v) is 4.30. The summed E-state index contributed by atoms with van der Waals surface area (Å²) in [6.45, 7) is 0.926. The highest BCUT2D eigenvalue weighted by Crippen LogP contribution is 2.36. The Kier molecular flexibility index (Phi) is 9.67. The Labute approximate surface area is 246 Å². The van der Waals surface area contributed by atoms with Crippen LogP contribution in [0.5, 0.6) is 23.0 Å². The molecule has 0 aliphatic heterocycles. The van der Waals surface area contributed by atoms with Crippen LogP contribution in [0.1, 0.15) is 32.6 Å². The first-order valence-corrected chi connectivity index (χ1v) is 13.7. The zero-order chi connectivity index (χ0) is 29.0. The molecule has 42 heavy (non-hydrogen) atoms. The largest absolute Gasteiger partial charge is 0.497 e. The molecule has 5 aromatic rings. The van der Waals surface area contributed by atoms with E-state index in [1.807, 2.05) is 115 Å². The number of rotatable bonds is 13. The molecule has 0 heterocycles. The molecule has 210 valence electrons. The first-order valence-electron chi connectivity index (χ1n) is 13.7. The summed E-state index contributed by atoms with van der Waals surface area (Å²) in [7, 11) is 1.62. The van der Waals surface area contributed by atoms with Gasteiger partial charge >= 0.3 is 0 Å². The van der Waals surface area contributed by atoms with Crippen molar-refractivity contribution in [1.29, 1.82) is 0 Å². The number of carbonyl (C=O) groups is 1. The fraction of sp³-hybridized carbons (Fsp3) is 0.108. The van der Waals surface area contributed by atoms with Gasteiger partial charge in [-0.3, -0.25) is 4.79 Å². The van der Waals surface area contributed by atoms with Gasteiger partial charge in [0, 0.05) is 12.1 Å². The Balaban J connectivity index is 1.49. The molecule has 5 rings (SSSR count). The highest BCUT2D eigenvalue weighted by atomic mass is 16.5. The zero-order valence-electron chi connectivity index (χ0n) is 23.4. The predicted octanol–water partition coefficient (Wildman–Crippen LogP) is 8.33. The van der Waals surface area contributed by atoms with E-state index in [0.29, 0.717) is 29.4 Å². The summed E-state index contributed by atoms with van der Waals surface area (Å²) in [5, 5.41) is 0. The molecule has 0 saturated carbocycles.